The summed E-state index contributed by atoms with van der Waals surface area (Å²) in [6, 6.07) is 9.07. The molecule has 88 valence electrons. The molecular weight excluding hydrogens is 266 g/mol. The van der Waals surface area contributed by atoms with Crippen molar-refractivity contribution < 1.29 is 4.74 Å². The van der Waals surface area contributed by atoms with Crippen LogP contribution in [0.15, 0.2) is 28.7 Å². The molecule has 0 amide bonds. The molecule has 0 saturated carbocycles. The van der Waals surface area contributed by atoms with E-state index in [1.807, 2.05) is 0 Å². The Labute approximate surface area is 106 Å². The molecule has 1 fully saturated rings. The highest BCUT2D eigenvalue weighted by molar-refractivity contribution is 9.10. The summed E-state index contributed by atoms with van der Waals surface area (Å²) < 4.78 is 6.77. The quantitative estimate of drug-likeness (QED) is 0.827. The van der Waals surface area contributed by atoms with Crippen LogP contribution in [0.4, 0.5) is 0 Å². The van der Waals surface area contributed by atoms with Gasteiger partial charge < -0.3 is 4.74 Å². The van der Waals surface area contributed by atoms with Crippen molar-refractivity contribution in [3.63, 3.8) is 0 Å². The Morgan fingerprint density at radius 3 is 2.69 bits per heavy atom. The molecule has 0 aliphatic carbocycles. The zero-order valence-electron chi connectivity index (χ0n) is 9.82. The molecule has 0 radical (unpaired) electrons. The average Bonchev–Trinajstić information content (AvgIpc) is 2.27. The first-order valence-corrected chi connectivity index (χ1v) is 6.54. The van der Waals surface area contributed by atoms with Crippen molar-refractivity contribution in [2.24, 2.45) is 0 Å². The summed E-state index contributed by atoms with van der Waals surface area (Å²) in [6.07, 6.45) is 0.353. The van der Waals surface area contributed by atoms with Gasteiger partial charge in [0, 0.05) is 23.6 Å². The van der Waals surface area contributed by atoms with E-state index in [0.29, 0.717) is 12.1 Å². The van der Waals surface area contributed by atoms with Crippen molar-refractivity contribution in [2.75, 3.05) is 13.2 Å². The van der Waals surface area contributed by atoms with Gasteiger partial charge in [0.05, 0.1) is 12.7 Å². The molecule has 3 heteroatoms. The molecule has 0 bridgehead atoms. The Hall–Kier alpha value is -0.380. The maximum atomic E-state index is 5.63. The lowest BCUT2D eigenvalue weighted by Crippen LogP contribution is -2.46. The summed E-state index contributed by atoms with van der Waals surface area (Å²) in [7, 11) is 0. The van der Waals surface area contributed by atoms with E-state index in [-0.39, 0.29) is 0 Å². The van der Waals surface area contributed by atoms with Gasteiger partial charge >= 0.3 is 0 Å². The van der Waals surface area contributed by atoms with Crippen LogP contribution in [0.3, 0.4) is 0 Å². The van der Waals surface area contributed by atoms with Crippen LogP contribution in [0, 0.1) is 0 Å². The molecule has 0 N–H and O–H groups in total. The van der Waals surface area contributed by atoms with Crippen molar-refractivity contribution in [1.29, 1.82) is 0 Å². The monoisotopic (exact) mass is 283 g/mol. The van der Waals surface area contributed by atoms with Crippen LogP contribution in [0.2, 0.25) is 0 Å². The van der Waals surface area contributed by atoms with Gasteiger partial charge in [-0.15, -0.1) is 0 Å². The van der Waals surface area contributed by atoms with E-state index in [1.165, 1.54) is 5.56 Å². The fraction of sp³-hybridized carbons (Fsp3) is 0.538. The third-order valence-electron chi connectivity index (χ3n) is 3.04. The zero-order valence-corrected chi connectivity index (χ0v) is 11.4. The molecular formula is C13H18BrNO. The Balaban J connectivity index is 2.00. The van der Waals surface area contributed by atoms with E-state index in [2.05, 4.69) is 58.9 Å². The first-order valence-electron chi connectivity index (χ1n) is 5.75. The van der Waals surface area contributed by atoms with Crippen LogP contribution in [-0.4, -0.2) is 30.2 Å². The van der Waals surface area contributed by atoms with Gasteiger partial charge in [-0.3, -0.25) is 4.90 Å². The molecule has 16 heavy (non-hydrogen) atoms. The highest BCUT2D eigenvalue weighted by atomic mass is 79.9. The lowest BCUT2D eigenvalue weighted by atomic mass is 10.1. The minimum atomic E-state index is 0.353. The second kappa shape index (κ2) is 5.30. The number of rotatable bonds is 2. The van der Waals surface area contributed by atoms with Gasteiger partial charge in [-0.2, -0.15) is 0 Å². The van der Waals surface area contributed by atoms with Crippen LogP contribution >= 0.6 is 15.9 Å². The minimum Gasteiger partial charge on any atom is -0.376 e. The molecule has 1 saturated heterocycles. The second-order valence-electron chi connectivity index (χ2n) is 4.55. The predicted octanol–water partition coefficient (Wildman–Crippen LogP) is 3.06. The van der Waals surface area contributed by atoms with Crippen LogP contribution < -0.4 is 0 Å². The fourth-order valence-electron chi connectivity index (χ4n) is 2.02. The molecule has 1 aliphatic heterocycles. The van der Waals surface area contributed by atoms with E-state index in [1.54, 1.807) is 0 Å². The standard InChI is InChI=1S/C13H18BrNO/c1-10-9-16-11(2)7-15(10)8-12-3-5-13(14)6-4-12/h3-6,10-11H,7-9H2,1-2H3. The number of hydrogen-bond acceptors (Lipinski definition) is 2. The number of benzene rings is 1. The van der Waals surface area contributed by atoms with E-state index >= 15 is 0 Å². The molecule has 1 aliphatic rings. The summed E-state index contributed by atoms with van der Waals surface area (Å²) in [4.78, 5) is 2.48. The smallest absolute Gasteiger partial charge is 0.0674 e. The van der Waals surface area contributed by atoms with Gasteiger partial charge in [0.25, 0.3) is 0 Å². The highest BCUT2D eigenvalue weighted by Gasteiger charge is 2.23. The van der Waals surface area contributed by atoms with E-state index in [9.17, 15) is 0 Å². The number of halogens is 1. The SMILES string of the molecule is CC1CN(Cc2ccc(Br)cc2)C(C)CO1. The van der Waals surface area contributed by atoms with Gasteiger partial charge in [-0.25, -0.2) is 0 Å². The van der Waals surface area contributed by atoms with Crippen molar-refractivity contribution >= 4 is 15.9 Å². The molecule has 0 spiro atoms. The molecule has 0 aromatic heterocycles. The van der Waals surface area contributed by atoms with Crippen molar-refractivity contribution in [2.45, 2.75) is 32.5 Å². The van der Waals surface area contributed by atoms with Gasteiger partial charge in [-0.1, -0.05) is 28.1 Å². The van der Waals surface area contributed by atoms with Crippen molar-refractivity contribution in [3.05, 3.63) is 34.3 Å². The van der Waals surface area contributed by atoms with Crippen molar-refractivity contribution in [3.8, 4) is 0 Å². The summed E-state index contributed by atoms with van der Waals surface area (Å²) in [5, 5.41) is 0. The van der Waals surface area contributed by atoms with Crippen molar-refractivity contribution in [1.82, 2.24) is 4.90 Å². The van der Waals surface area contributed by atoms with E-state index < -0.39 is 0 Å². The predicted molar refractivity (Wildman–Crippen MR) is 69.4 cm³/mol. The summed E-state index contributed by atoms with van der Waals surface area (Å²) >= 11 is 3.46. The van der Waals surface area contributed by atoms with Crippen LogP contribution in [0.1, 0.15) is 19.4 Å². The maximum Gasteiger partial charge on any atom is 0.0674 e. The van der Waals surface area contributed by atoms with Gasteiger partial charge in [-0.05, 0) is 31.5 Å². The third kappa shape index (κ3) is 3.06. The third-order valence-corrected chi connectivity index (χ3v) is 3.56. The summed E-state index contributed by atoms with van der Waals surface area (Å²) in [5.74, 6) is 0. The van der Waals surface area contributed by atoms with Gasteiger partial charge in [0.1, 0.15) is 0 Å². The normalized spacial score (nSPS) is 26.9. The molecule has 2 atom stereocenters. The summed E-state index contributed by atoms with van der Waals surface area (Å²) in [5.41, 5.74) is 1.36. The lowest BCUT2D eigenvalue weighted by molar-refractivity contribution is -0.0526. The Kier molecular flexibility index (Phi) is 4.00. The van der Waals surface area contributed by atoms with E-state index in [4.69, 9.17) is 4.74 Å². The first kappa shape index (κ1) is 12.1. The molecule has 1 heterocycles. The Bertz CT molecular complexity index is 338. The molecule has 1 aromatic carbocycles. The average molecular weight is 284 g/mol. The number of ether oxygens (including phenoxy) is 1. The maximum absolute atomic E-state index is 5.63. The minimum absolute atomic E-state index is 0.353. The topological polar surface area (TPSA) is 12.5 Å². The molecule has 1 aromatic rings. The fourth-order valence-corrected chi connectivity index (χ4v) is 2.28. The Morgan fingerprint density at radius 1 is 1.31 bits per heavy atom. The highest BCUT2D eigenvalue weighted by Crippen LogP contribution is 2.17. The molecule has 2 unspecified atom stereocenters. The Morgan fingerprint density at radius 2 is 2.00 bits per heavy atom. The summed E-state index contributed by atoms with van der Waals surface area (Å²) in [6.45, 7) is 7.25. The number of hydrogen-bond donors (Lipinski definition) is 0. The molecule has 2 nitrogen and oxygen atoms in total. The molecule has 2 rings (SSSR count). The number of morpholine rings is 1. The number of nitrogens with zero attached hydrogens (tertiary/aromatic N) is 1. The zero-order chi connectivity index (χ0) is 11.5. The first-order chi connectivity index (χ1) is 7.65. The van der Waals surface area contributed by atoms with Gasteiger partial charge in [0.15, 0.2) is 0 Å². The second-order valence-corrected chi connectivity index (χ2v) is 5.46. The largest absolute Gasteiger partial charge is 0.376 e. The van der Waals surface area contributed by atoms with E-state index in [0.717, 1.165) is 24.2 Å². The van der Waals surface area contributed by atoms with Gasteiger partial charge in [0.2, 0.25) is 0 Å². The lowest BCUT2D eigenvalue weighted by Gasteiger charge is -2.36. The van der Waals surface area contributed by atoms with Crippen LogP contribution in [-0.2, 0) is 11.3 Å². The van der Waals surface area contributed by atoms with Crippen LogP contribution in [0.5, 0.6) is 0 Å². The van der Waals surface area contributed by atoms with Crippen LogP contribution in [0.25, 0.3) is 0 Å².